The Balaban J connectivity index is 1.92. The first-order chi connectivity index (χ1) is 7.86. The fraction of sp³-hybridized carbons (Fsp3) is 0.214. The quantitative estimate of drug-likeness (QED) is 0.841. The van der Waals surface area contributed by atoms with Crippen LogP contribution < -0.4 is 5.32 Å². The lowest BCUT2D eigenvalue weighted by molar-refractivity contribution is 0.804. The Bertz CT molecular complexity index is 411. The third-order valence-electron chi connectivity index (χ3n) is 2.64. The molecule has 1 atom stereocenters. The second-order valence-corrected chi connectivity index (χ2v) is 3.93. The maximum Gasteiger partial charge on any atom is 0.0526 e. The molecule has 1 unspecified atom stereocenters. The van der Waals surface area contributed by atoms with Gasteiger partial charge < -0.3 is 5.32 Å². The largest absolute Gasteiger partial charge is 0.383 e. The van der Waals surface area contributed by atoms with E-state index in [0.29, 0.717) is 5.92 Å². The molecule has 2 rings (SSSR count). The van der Waals surface area contributed by atoms with Gasteiger partial charge in [-0.2, -0.15) is 0 Å². The van der Waals surface area contributed by atoms with Crippen LogP contribution in [-0.2, 0) is 0 Å². The molecule has 2 heteroatoms. The Labute approximate surface area is 96.4 Å². The maximum atomic E-state index is 4.07. The van der Waals surface area contributed by atoms with Crippen molar-refractivity contribution < 1.29 is 0 Å². The predicted molar refractivity (Wildman–Crippen MR) is 67.6 cm³/mol. The summed E-state index contributed by atoms with van der Waals surface area (Å²) in [5, 5.41) is 3.38. The van der Waals surface area contributed by atoms with Crippen LogP contribution in [0.2, 0.25) is 0 Å². The van der Waals surface area contributed by atoms with Crippen molar-refractivity contribution >= 4 is 5.69 Å². The van der Waals surface area contributed by atoms with Gasteiger partial charge in [0.1, 0.15) is 0 Å². The summed E-state index contributed by atoms with van der Waals surface area (Å²) in [5.74, 6) is 0.501. The molecule has 0 fully saturated rings. The van der Waals surface area contributed by atoms with Gasteiger partial charge in [-0.15, -0.1) is 0 Å². The molecule has 0 aliphatic rings. The van der Waals surface area contributed by atoms with Gasteiger partial charge in [-0.1, -0.05) is 37.3 Å². The van der Waals surface area contributed by atoms with E-state index in [-0.39, 0.29) is 0 Å². The number of benzene rings is 1. The number of aromatic nitrogens is 1. The minimum absolute atomic E-state index is 0.501. The zero-order chi connectivity index (χ0) is 11.2. The monoisotopic (exact) mass is 212 g/mol. The number of anilines is 1. The minimum atomic E-state index is 0.501. The van der Waals surface area contributed by atoms with E-state index in [9.17, 15) is 0 Å². The minimum Gasteiger partial charge on any atom is -0.383 e. The SMILES string of the molecule is CC(CNc1cccnc1)c1ccccc1. The number of nitrogens with zero attached hydrogens (tertiary/aromatic N) is 1. The second-order valence-electron chi connectivity index (χ2n) is 3.93. The Morgan fingerprint density at radius 3 is 2.62 bits per heavy atom. The number of rotatable bonds is 4. The molecule has 82 valence electrons. The lowest BCUT2D eigenvalue weighted by Gasteiger charge is -2.13. The van der Waals surface area contributed by atoms with Crippen LogP contribution in [0.1, 0.15) is 18.4 Å². The van der Waals surface area contributed by atoms with E-state index in [2.05, 4.69) is 41.5 Å². The second kappa shape index (κ2) is 5.31. The Kier molecular flexibility index (Phi) is 3.54. The van der Waals surface area contributed by atoms with Gasteiger partial charge in [0.2, 0.25) is 0 Å². The van der Waals surface area contributed by atoms with Crippen LogP contribution in [0.3, 0.4) is 0 Å². The normalized spacial score (nSPS) is 12.1. The van der Waals surface area contributed by atoms with E-state index < -0.39 is 0 Å². The first kappa shape index (κ1) is 10.7. The summed E-state index contributed by atoms with van der Waals surface area (Å²) >= 11 is 0. The summed E-state index contributed by atoms with van der Waals surface area (Å²) < 4.78 is 0. The van der Waals surface area contributed by atoms with Crippen molar-refractivity contribution in [2.75, 3.05) is 11.9 Å². The van der Waals surface area contributed by atoms with E-state index in [4.69, 9.17) is 0 Å². The smallest absolute Gasteiger partial charge is 0.0526 e. The molecular weight excluding hydrogens is 196 g/mol. The van der Waals surface area contributed by atoms with Crippen LogP contribution in [0.15, 0.2) is 54.9 Å². The van der Waals surface area contributed by atoms with Crippen LogP contribution in [-0.4, -0.2) is 11.5 Å². The van der Waals surface area contributed by atoms with Crippen LogP contribution in [0.4, 0.5) is 5.69 Å². The van der Waals surface area contributed by atoms with Crippen molar-refractivity contribution in [1.29, 1.82) is 0 Å². The van der Waals surface area contributed by atoms with Crippen molar-refractivity contribution in [3.05, 3.63) is 60.4 Å². The molecule has 0 saturated carbocycles. The fourth-order valence-corrected chi connectivity index (χ4v) is 1.64. The molecule has 1 heterocycles. The average molecular weight is 212 g/mol. The van der Waals surface area contributed by atoms with Crippen molar-refractivity contribution in [1.82, 2.24) is 4.98 Å². The Hall–Kier alpha value is -1.83. The molecule has 1 aromatic carbocycles. The first-order valence-corrected chi connectivity index (χ1v) is 5.55. The summed E-state index contributed by atoms with van der Waals surface area (Å²) in [7, 11) is 0. The molecule has 1 aromatic heterocycles. The zero-order valence-electron chi connectivity index (χ0n) is 9.43. The Morgan fingerprint density at radius 2 is 1.94 bits per heavy atom. The molecule has 1 N–H and O–H groups in total. The van der Waals surface area contributed by atoms with Gasteiger partial charge >= 0.3 is 0 Å². The molecular formula is C14H16N2. The van der Waals surface area contributed by atoms with Gasteiger partial charge in [0.15, 0.2) is 0 Å². The standard InChI is InChI=1S/C14H16N2/c1-12(13-6-3-2-4-7-13)10-16-14-8-5-9-15-11-14/h2-9,11-12,16H,10H2,1H3. The summed E-state index contributed by atoms with van der Waals surface area (Å²) in [6.45, 7) is 3.15. The predicted octanol–water partition coefficient (Wildman–Crippen LogP) is 3.30. The molecule has 0 spiro atoms. The van der Waals surface area contributed by atoms with Crippen LogP contribution in [0.5, 0.6) is 0 Å². The fourth-order valence-electron chi connectivity index (χ4n) is 1.64. The highest BCUT2D eigenvalue weighted by Gasteiger charge is 2.03. The van der Waals surface area contributed by atoms with Crippen molar-refractivity contribution in [3.8, 4) is 0 Å². The molecule has 0 bridgehead atoms. The first-order valence-electron chi connectivity index (χ1n) is 5.55. The van der Waals surface area contributed by atoms with Crippen molar-refractivity contribution in [3.63, 3.8) is 0 Å². The van der Waals surface area contributed by atoms with Crippen molar-refractivity contribution in [2.45, 2.75) is 12.8 Å². The highest BCUT2D eigenvalue weighted by Crippen LogP contribution is 2.15. The number of hydrogen-bond acceptors (Lipinski definition) is 2. The summed E-state index contributed by atoms with van der Waals surface area (Å²) in [6, 6.07) is 14.5. The van der Waals surface area contributed by atoms with Gasteiger partial charge in [0, 0.05) is 18.9 Å². The maximum absolute atomic E-state index is 4.07. The van der Waals surface area contributed by atoms with Crippen LogP contribution in [0.25, 0.3) is 0 Å². The van der Waals surface area contributed by atoms with Gasteiger partial charge in [0.05, 0.1) is 5.69 Å². The van der Waals surface area contributed by atoms with E-state index in [1.54, 1.807) is 6.20 Å². The van der Waals surface area contributed by atoms with E-state index >= 15 is 0 Å². The molecule has 0 amide bonds. The molecule has 0 saturated heterocycles. The lowest BCUT2D eigenvalue weighted by atomic mass is 10.0. The third-order valence-corrected chi connectivity index (χ3v) is 2.64. The van der Waals surface area contributed by atoms with Gasteiger partial charge in [-0.05, 0) is 23.6 Å². The highest BCUT2D eigenvalue weighted by molar-refractivity contribution is 5.40. The summed E-state index contributed by atoms with van der Waals surface area (Å²) in [4.78, 5) is 4.07. The molecule has 2 aromatic rings. The van der Waals surface area contributed by atoms with Gasteiger partial charge in [-0.3, -0.25) is 4.98 Å². The van der Waals surface area contributed by atoms with Crippen molar-refractivity contribution in [2.24, 2.45) is 0 Å². The molecule has 0 radical (unpaired) electrons. The van der Waals surface area contributed by atoms with Crippen LogP contribution in [0, 0.1) is 0 Å². The number of nitrogens with one attached hydrogen (secondary N) is 1. The van der Waals surface area contributed by atoms with Crippen LogP contribution >= 0.6 is 0 Å². The number of pyridine rings is 1. The molecule has 2 nitrogen and oxygen atoms in total. The van der Waals surface area contributed by atoms with E-state index in [0.717, 1.165) is 12.2 Å². The third kappa shape index (κ3) is 2.83. The molecule has 16 heavy (non-hydrogen) atoms. The average Bonchev–Trinajstić information content (AvgIpc) is 2.38. The topological polar surface area (TPSA) is 24.9 Å². The summed E-state index contributed by atoms with van der Waals surface area (Å²) in [6.07, 6.45) is 3.63. The molecule has 0 aliphatic heterocycles. The number of hydrogen-bond donors (Lipinski definition) is 1. The van der Waals surface area contributed by atoms with Gasteiger partial charge in [0.25, 0.3) is 0 Å². The molecule has 0 aliphatic carbocycles. The van der Waals surface area contributed by atoms with E-state index in [1.807, 2.05) is 24.4 Å². The highest BCUT2D eigenvalue weighted by atomic mass is 14.9. The Morgan fingerprint density at radius 1 is 1.12 bits per heavy atom. The lowest BCUT2D eigenvalue weighted by Crippen LogP contribution is -2.09. The zero-order valence-corrected chi connectivity index (χ0v) is 9.43. The summed E-state index contributed by atoms with van der Waals surface area (Å²) in [5.41, 5.74) is 2.43. The van der Waals surface area contributed by atoms with E-state index in [1.165, 1.54) is 5.56 Å². The van der Waals surface area contributed by atoms with Gasteiger partial charge in [-0.25, -0.2) is 0 Å².